The minimum atomic E-state index is 0.583. The summed E-state index contributed by atoms with van der Waals surface area (Å²) in [6.07, 6.45) is 1.61. The van der Waals surface area contributed by atoms with Crippen LogP contribution in [0.5, 0.6) is 5.75 Å². The summed E-state index contributed by atoms with van der Waals surface area (Å²) in [4.78, 5) is 0. The lowest BCUT2D eigenvalue weighted by Crippen LogP contribution is -2.13. The van der Waals surface area contributed by atoms with Crippen LogP contribution in [0.4, 0.5) is 0 Å². The highest BCUT2D eigenvalue weighted by atomic mass is 16.5. The maximum atomic E-state index is 8.87. The molecule has 0 fully saturated rings. The average Bonchev–Trinajstić information content (AvgIpc) is 2.92. The zero-order valence-electron chi connectivity index (χ0n) is 10.0. The first-order valence-electron chi connectivity index (χ1n) is 5.51. The van der Waals surface area contributed by atoms with Crippen LogP contribution in [-0.4, -0.2) is 12.3 Å². The van der Waals surface area contributed by atoms with Crippen molar-refractivity contribution >= 4 is 0 Å². The third-order valence-corrected chi connectivity index (χ3v) is 2.52. The number of benzene rings is 1. The molecule has 1 N–H and O–H groups in total. The summed E-state index contributed by atoms with van der Waals surface area (Å²) in [5.74, 6) is 1.53. The molecule has 18 heavy (non-hydrogen) atoms. The van der Waals surface area contributed by atoms with Gasteiger partial charge in [0.15, 0.2) is 0 Å². The summed E-state index contributed by atoms with van der Waals surface area (Å²) in [7, 11) is 1.61. The van der Waals surface area contributed by atoms with E-state index in [0.717, 1.165) is 17.1 Å². The highest BCUT2D eigenvalue weighted by Crippen LogP contribution is 2.19. The van der Waals surface area contributed by atoms with E-state index in [1.807, 2.05) is 6.07 Å². The Morgan fingerprint density at radius 1 is 1.39 bits per heavy atom. The molecule has 0 aliphatic rings. The van der Waals surface area contributed by atoms with Gasteiger partial charge in [0, 0.05) is 18.2 Å². The van der Waals surface area contributed by atoms with Crippen LogP contribution in [0.2, 0.25) is 0 Å². The second-order valence-electron chi connectivity index (χ2n) is 3.72. The van der Waals surface area contributed by atoms with Gasteiger partial charge < -0.3 is 14.6 Å². The van der Waals surface area contributed by atoms with Crippen LogP contribution in [0.15, 0.2) is 35.0 Å². The lowest BCUT2D eigenvalue weighted by Gasteiger charge is -2.09. The summed E-state index contributed by atoms with van der Waals surface area (Å²) in [6.45, 7) is 1.18. The van der Waals surface area contributed by atoms with Crippen molar-refractivity contribution in [3.8, 4) is 11.8 Å². The summed E-state index contributed by atoms with van der Waals surface area (Å²) in [5.41, 5.74) is 1.56. The van der Waals surface area contributed by atoms with E-state index in [9.17, 15) is 0 Å². The van der Waals surface area contributed by atoms with Crippen LogP contribution >= 0.6 is 0 Å². The van der Waals surface area contributed by atoms with Crippen LogP contribution in [0.3, 0.4) is 0 Å². The Hall–Kier alpha value is -2.32. The molecule has 0 atom stereocenters. The largest absolute Gasteiger partial charge is 0.496 e. The number of hydrogen-bond donors (Lipinski definition) is 1. The molecule has 1 aromatic heterocycles. The molecule has 0 saturated carbocycles. The van der Waals surface area contributed by atoms with Gasteiger partial charge in [-0.25, -0.2) is 0 Å². The van der Waals surface area contributed by atoms with Crippen molar-refractivity contribution < 1.29 is 9.26 Å². The Balaban J connectivity index is 2.01. The molecule has 0 saturated heterocycles. The zero-order chi connectivity index (χ0) is 12.8. The molecule has 0 spiro atoms. The number of aromatic nitrogens is 1. The molecule has 0 bridgehead atoms. The maximum Gasteiger partial charge on any atom is 0.150 e. The van der Waals surface area contributed by atoms with Crippen LogP contribution in [-0.2, 0) is 13.1 Å². The summed E-state index contributed by atoms with van der Waals surface area (Å²) < 4.78 is 10.2. The summed E-state index contributed by atoms with van der Waals surface area (Å²) in [5, 5.41) is 15.7. The molecule has 2 rings (SSSR count). The van der Waals surface area contributed by atoms with E-state index in [0.29, 0.717) is 18.7 Å². The molecule has 5 heteroatoms. The number of nitrogens with one attached hydrogen (secondary N) is 1. The molecule has 2 aromatic rings. The zero-order valence-corrected chi connectivity index (χ0v) is 10.0. The van der Waals surface area contributed by atoms with Crippen LogP contribution in [0.25, 0.3) is 0 Å². The van der Waals surface area contributed by atoms with Crippen molar-refractivity contribution in [2.45, 2.75) is 13.1 Å². The number of nitriles is 1. The predicted octanol–water partition coefficient (Wildman–Crippen LogP) is 1.84. The van der Waals surface area contributed by atoms with E-state index >= 15 is 0 Å². The second kappa shape index (κ2) is 5.84. The van der Waals surface area contributed by atoms with Crippen molar-refractivity contribution in [1.29, 1.82) is 5.26 Å². The molecule has 0 radical (unpaired) electrons. The topological polar surface area (TPSA) is 71.1 Å². The highest BCUT2D eigenvalue weighted by molar-refractivity contribution is 5.41. The van der Waals surface area contributed by atoms with Crippen molar-refractivity contribution in [3.63, 3.8) is 0 Å². The van der Waals surface area contributed by atoms with Crippen LogP contribution in [0.1, 0.15) is 16.9 Å². The number of methoxy groups -OCH3 is 1. The first kappa shape index (κ1) is 12.1. The molecular formula is C13H13N3O2. The van der Waals surface area contributed by atoms with Gasteiger partial charge in [0.1, 0.15) is 11.5 Å². The standard InChI is InChI=1S/C13H13N3O2/c1-17-13-3-2-10(7-14)6-11(13)8-15-9-12-4-5-16-18-12/h2-6,15H,8-9H2,1H3. The maximum absolute atomic E-state index is 8.87. The Kier molecular flexibility index (Phi) is 3.94. The molecule has 5 nitrogen and oxygen atoms in total. The third kappa shape index (κ3) is 2.87. The summed E-state index contributed by atoms with van der Waals surface area (Å²) in [6, 6.07) is 9.25. The van der Waals surface area contributed by atoms with Gasteiger partial charge in [-0.1, -0.05) is 5.16 Å². The van der Waals surface area contributed by atoms with Gasteiger partial charge in [-0.05, 0) is 18.2 Å². The molecule has 0 aliphatic heterocycles. The fourth-order valence-corrected chi connectivity index (χ4v) is 1.64. The van der Waals surface area contributed by atoms with Gasteiger partial charge >= 0.3 is 0 Å². The Bertz CT molecular complexity index is 544. The SMILES string of the molecule is COc1ccc(C#N)cc1CNCc1ccno1. The fraction of sp³-hybridized carbons (Fsp3) is 0.231. The van der Waals surface area contributed by atoms with Crippen LogP contribution < -0.4 is 10.1 Å². The van der Waals surface area contributed by atoms with Gasteiger partial charge in [0.05, 0.1) is 31.5 Å². The molecular weight excluding hydrogens is 230 g/mol. The van der Waals surface area contributed by atoms with E-state index in [4.69, 9.17) is 14.5 Å². The first-order valence-corrected chi connectivity index (χ1v) is 5.51. The Morgan fingerprint density at radius 3 is 2.94 bits per heavy atom. The van der Waals surface area contributed by atoms with Crippen molar-refractivity contribution in [1.82, 2.24) is 10.5 Å². The Labute approximate surface area is 105 Å². The van der Waals surface area contributed by atoms with Gasteiger partial charge in [0.2, 0.25) is 0 Å². The van der Waals surface area contributed by atoms with E-state index < -0.39 is 0 Å². The third-order valence-electron chi connectivity index (χ3n) is 2.52. The minimum Gasteiger partial charge on any atom is -0.496 e. The number of ether oxygens (including phenoxy) is 1. The van der Waals surface area contributed by atoms with E-state index in [1.165, 1.54) is 0 Å². The lowest BCUT2D eigenvalue weighted by atomic mass is 10.1. The molecule has 1 heterocycles. The summed E-state index contributed by atoms with van der Waals surface area (Å²) >= 11 is 0. The molecule has 92 valence electrons. The van der Waals surface area contributed by atoms with Crippen molar-refractivity contribution in [2.75, 3.05) is 7.11 Å². The second-order valence-corrected chi connectivity index (χ2v) is 3.72. The van der Waals surface area contributed by atoms with E-state index in [-0.39, 0.29) is 0 Å². The number of nitrogens with zero attached hydrogens (tertiary/aromatic N) is 2. The normalized spacial score (nSPS) is 10.0. The van der Waals surface area contributed by atoms with E-state index in [2.05, 4.69) is 16.5 Å². The first-order chi connectivity index (χ1) is 8.83. The smallest absolute Gasteiger partial charge is 0.150 e. The lowest BCUT2D eigenvalue weighted by molar-refractivity contribution is 0.371. The van der Waals surface area contributed by atoms with Crippen molar-refractivity contribution in [2.24, 2.45) is 0 Å². The minimum absolute atomic E-state index is 0.583. The molecule has 1 aromatic carbocycles. The monoisotopic (exact) mass is 243 g/mol. The van der Waals surface area contributed by atoms with Gasteiger partial charge in [0.25, 0.3) is 0 Å². The average molecular weight is 243 g/mol. The molecule has 0 unspecified atom stereocenters. The fourth-order valence-electron chi connectivity index (χ4n) is 1.64. The highest BCUT2D eigenvalue weighted by Gasteiger charge is 2.05. The quantitative estimate of drug-likeness (QED) is 0.867. The van der Waals surface area contributed by atoms with E-state index in [1.54, 1.807) is 31.5 Å². The number of hydrogen-bond acceptors (Lipinski definition) is 5. The molecule has 0 amide bonds. The van der Waals surface area contributed by atoms with Gasteiger partial charge in [-0.3, -0.25) is 0 Å². The molecule has 0 aliphatic carbocycles. The predicted molar refractivity (Wildman–Crippen MR) is 64.8 cm³/mol. The van der Waals surface area contributed by atoms with Crippen LogP contribution in [0, 0.1) is 11.3 Å². The number of rotatable bonds is 5. The van der Waals surface area contributed by atoms with Gasteiger partial charge in [-0.15, -0.1) is 0 Å². The van der Waals surface area contributed by atoms with Gasteiger partial charge in [-0.2, -0.15) is 5.26 Å². The van der Waals surface area contributed by atoms with Crippen molar-refractivity contribution in [3.05, 3.63) is 47.3 Å². The Morgan fingerprint density at radius 2 is 2.28 bits per heavy atom.